The summed E-state index contributed by atoms with van der Waals surface area (Å²) in [5.74, 6) is -4.13. The number of fused-ring (bicyclic) bond motifs is 1. The van der Waals surface area contributed by atoms with Crippen LogP contribution in [0.15, 0.2) is 45.4 Å². The van der Waals surface area contributed by atoms with Crippen LogP contribution in [0.5, 0.6) is 0 Å². The van der Waals surface area contributed by atoms with Gasteiger partial charge in [0, 0.05) is 17.7 Å². The number of guanidine groups is 1. The molecule has 13 heteroatoms. The number of benzene rings is 1. The number of aliphatic carboxylic acids is 2. The molecule has 0 saturated heterocycles. The smallest absolute Gasteiger partial charge is 0.550 e. The van der Waals surface area contributed by atoms with Crippen molar-refractivity contribution in [2.75, 3.05) is 0 Å². The number of nitrogens with zero attached hydrogens (tertiary/aromatic N) is 2. The number of aliphatic imine (C=N–C) groups is 2. The summed E-state index contributed by atoms with van der Waals surface area (Å²) in [6.45, 7) is 0. The van der Waals surface area contributed by atoms with Crippen molar-refractivity contribution in [3.05, 3.63) is 46.5 Å². The van der Waals surface area contributed by atoms with Crippen molar-refractivity contribution in [1.82, 2.24) is 10.6 Å². The molecule has 2 aliphatic heterocycles. The van der Waals surface area contributed by atoms with E-state index < -0.39 is 36.2 Å². The summed E-state index contributed by atoms with van der Waals surface area (Å²) in [7, 11) is 0. The van der Waals surface area contributed by atoms with Gasteiger partial charge in [-0.05, 0) is 49.0 Å². The van der Waals surface area contributed by atoms with Crippen molar-refractivity contribution < 1.29 is 88.5 Å². The molecule has 160 valence electrons. The molecule has 3 N–H and O–H groups in total. The summed E-state index contributed by atoms with van der Waals surface area (Å²) < 4.78 is 0. The van der Waals surface area contributed by atoms with Gasteiger partial charge in [-0.15, -0.1) is 0 Å². The second-order valence-corrected chi connectivity index (χ2v) is 6.85. The van der Waals surface area contributed by atoms with Crippen molar-refractivity contribution in [3.63, 3.8) is 0 Å². The molecule has 11 nitrogen and oxygen atoms in total. The minimum absolute atomic E-state index is 0. The summed E-state index contributed by atoms with van der Waals surface area (Å²) in [5.41, 5.74) is 2.10. The van der Waals surface area contributed by atoms with Crippen LogP contribution in [0, 0.1) is 5.41 Å². The number of aryl methyl sites for hydroxylation is 1. The van der Waals surface area contributed by atoms with Crippen molar-refractivity contribution in [2.24, 2.45) is 9.98 Å². The van der Waals surface area contributed by atoms with Crippen LogP contribution in [0.2, 0.25) is 0 Å². The van der Waals surface area contributed by atoms with E-state index in [4.69, 9.17) is 5.41 Å². The van der Waals surface area contributed by atoms with E-state index in [1.807, 2.05) is 0 Å². The quantitative estimate of drug-likeness (QED) is 0.301. The molecule has 3 rings (SSSR count). The van der Waals surface area contributed by atoms with E-state index in [0.29, 0.717) is 24.0 Å². The molecule has 0 aliphatic carbocycles. The Hall–Kier alpha value is -2.15. The number of hydrogen-bond donors (Lipinski definition) is 3. The van der Waals surface area contributed by atoms with Gasteiger partial charge in [-0.25, -0.2) is 4.99 Å². The predicted octanol–water partition coefficient (Wildman–Crippen LogP) is -8.15. The van der Waals surface area contributed by atoms with Crippen molar-refractivity contribution in [2.45, 2.75) is 31.7 Å². The number of amidine groups is 1. The maximum absolute atomic E-state index is 12.2. The third kappa shape index (κ3) is 7.70. The van der Waals surface area contributed by atoms with Crippen molar-refractivity contribution in [3.8, 4) is 0 Å². The van der Waals surface area contributed by atoms with E-state index in [1.54, 1.807) is 18.3 Å². The number of carbonyl (C=O) groups excluding carboxylic acids is 4. The molecule has 2 aliphatic rings. The van der Waals surface area contributed by atoms with Crippen LogP contribution < -0.4 is 80.0 Å². The molecule has 0 fully saturated rings. The maximum atomic E-state index is 12.2. The molecule has 2 amide bonds. The average molecular weight is 469 g/mol. The maximum Gasteiger partial charge on any atom is 1.00 e. The fourth-order valence-corrected chi connectivity index (χ4v) is 3.09. The summed E-state index contributed by atoms with van der Waals surface area (Å²) >= 11 is 0. The Bertz CT molecular complexity index is 1070. The van der Waals surface area contributed by atoms with E-state index in [2.05, 4.69) is 20.6 Å². The van der Waals surface area contributed by atoms with E-state index in [9.17, 15) is 29.4 Å². The average Bonchev–Trinajstić information content (AvgIpc) is 3.12. The first kappa shape index (κ1) is 28.9. The minimum atomic E-state index is -1.58. The van der Waals surface area contributed by atoms with Crippen LogP contribution in [0.1, 0.15) is 35.2 Å². The minimum Gasteiger partial charge on any atom is -0.550 e. The Labute approximate surface area is 232 Å². The monoisotopic (exact) mass is 469 g/mol. The predicted molar refractivity (Wildman–Crippen MR) is 104 cm³/mol. The van der Waals surface area contributed by atoms with Gasteiger partial charge in [0.05, 0.1) is 17.6 Å². The molecular formula is C20H17N5Na2O6. The largest absolute Gasteiger partial charge is 1.00 e. The Morgan fingerprint density at radius 2 is 1.76 bits per heavy atom. The molecule has 2 heterocycles. The number of carboxylic acid groups (broad SMARTS) is 2. The second kappa shape index (κ2) is 12.9. The first-order valence-corrected chi connectivity index (χ1v) is 9.31. The molecule has 1 atom stereocenters. The second-order valence-electron chi connectivity index (χ2n) is 6.85. The third-order valence-electron chi connectivity index (χ3n) is 4.69. The number of allylic oxidation sites excluding steroid dienone is 1. The van der Waals surface area contributed by atoms with Gasteiger partial charge in [-0.3, -0.25) is 20.3 Å². The first-order chi connectivity index (χ1) is 14.7. The molecule has 0 bridgehead atoms. The Balaban J connectivity index is 0.00000272. The SMILES string of the molecule is N=C1N=C2N=CC(CCc3ccc(C(=O)N[C@@H](CCC(=O)[O-])C(=O)[O-])cc3)=C2C(=O)N1.[Na+].[Na+]. The van der Waals surface area contributed by atoms with Crippen LogP contribution in [-0.4, -0.2) is 47.8 Å². The first-order valence-electron chi connectivity index (χ1n) is 9.31. The zero-order valence-electron chi connectivity index (χ0n) is 18.1. The fraction of sp³-hybridized carbons (Fsp3) is 0.250. The normalized spacial score (nSPS) is 14.8. The molecule has 1 aromatic rings. The standard InChI is InChI=1S/C20H19N5O6.2Na/c21-20-24-16-15(18(29)25-20)12(9-22-16)6-3-10-1-4-11(5-2-10)17(28)23-13(19(30)31)7-8-14(26)27;;/h1-2,4-5,9,13H,3,6-8H2,(H,23,28)(H,26,27)(H,30,31)(H2,21,25,29);;/q;2*+1/p-2/t13-;;/m0../s1. The van der Waals surface area contributed by atoms with Crippen LogP contribution >= 0.6 is 0 Å². The number of hydrogen-bond acceptors (Lipinski definition) is 8. The number of nitrogens with one attached hydrogen (secondary N) is 3. The van der Waals surface area contributed by atoms with E-state index in [-0.39, 0.29) is 82.9 Å². The molecule has 0 spiro atoms. The van der Waals surface area contributed by atoms with Gasteiger partial charge in [0.1, 0.15) is 0 Å². The van der Waals surface area contributed by atoms with Crippen molar-refractivity contribution in [1.29, 1.82) is 5.41 Å². The topological polar surface area (TPSA) is 187 Å². The summed E-state index contributed by atoms with van der Waals surface area (Å²) in [5, 5.41) is 33.6. The number of carboxylic acids is 2. The van der Waals surface area contributed by atoms with E-state index in [0.717, 1.165) is 5.56 Å². The summed E-state index contributed by atoms with van der Waals surface area (Å²) in [6, 6.07) is 4.95. The number of carbonyl (C=O) groups is 4. The Morgan fingerprint density at radius 3 is 2.36 bits per heavy atom. The van der Waals surface area contributed by atoms with Crippen LogP contribution in [0.4, 0.5) is 0 Å². The molecule has 0 saturated carbocycles. The third-order valence-corrected chi connectivity index (χ3v) is 4.69. The summed E-state index contributed by atoms with van der Waals surface area (Å²) in [4.78, 5) is 53.8. The number of rotatable bonds is 9. The van der Waals surface area contributed by atoms with Gasteiger partial charge in [-0.2, -0.15) is 4.99 Å². The van der Waals surface area contributed by atoms with Gasteiger partial charge in [0.25, 0.3) is 11.8 Å². The van der Waals surface area contributed by atoms with Gasteiger partial charge in [0.15, 0.2) is 5.84 Å². The van der Waals surface area contributed by atoms with E-state index in [1.165, 1.54) is 12.1 Å². The Kier molecular flexibility index (Phi) is 11.3. The fourth-order valence-electron chi connectivity index (χ4n) is 3.09. The van der Waals surface area contributed by atoms with Gasteiger partial charge in [-0.1, -0.05) is 12.1 Å². The van der Waals surface area contributed by atoms with Crippen molar-refractivity contribution >= 4 is 41.8 Å². The van der Waals surface area contributed by atoms with Gasteiger partial charge in [0.2, 0.25) is 5.96 Å². The molecule has 0 aromatic heterocycles. The van der Waals surface area contributed by atoms with Gasteiger partial charge >= 0.3 is 59.1 Å². The summed E-state index contributed by atoms with van der Waals surface area (Å²) in [6.07, 6.45) is 1.70. The Morgan fingerprint density at radius 1 is 1.09 bits per heavy atom. The number of amides is 2. The van der Waals surface area contributed by atoms with Crippen LogP contribution in [-0.2, 0) is 20.8 Å². The molecule has 0 radical (unpaired) electrons. The van der Waals surface area contributed by atoms with Crippen LogP contribution in [0.25, 0.3) is 0 Å². The zero-order chi connectivity index (χ0) is 22.5. The zero-order valence-corrected chi connectivity index (χ0v) is 22.1. The molecular weight excluding hydrogens is 452 g/mol. The van der Waals surface area contributed by atoms with Crippen LogP contribution in [0.3, 0.4) is 0 Å². The van der Waals surface area contributed by atoms with Gasteiger partial charge < -0.3 is 25.1 Å². The van der Waals surface area contributed by atoms with E-state index >= 15 is 0 Å². The molecule has 1 aromatic carbocycles. The molecule has 33 heavy (non-hydrogen) atoms. The molecule has 0 unspecified atom stereocenters.